The van der Waals surface area contributed by atoms with Gasteiger partial charge in [0.2, 0.25) is 0 Å². The number of alkyl halides is 1. The Bertz CT molecular complexity index is 528. The van der Waals surface area contributed by atoms with Gasteiger partial charge >= 0.3 is 0 Å². The molecule has 0 saturated carbocycles. The first-order valence-electron chi connectivity index (χ1n) is 5.46. The monoisotopic (exact) mass is 350 g/mol. The predicted octanol–water partition coefficient (Wildman–Crippen LogP) is 2.32. The zero-order valence-corrected chi connectivity index (χ0v) is 12.7. The molecule has 19 heavy (non-hydrogen) atoms. The molecular formula is C11H12BrFN2O3S. The van der Waals surface area contributed by atoms with Crippen LogP contribution in [0, 0.1) is 0 Å². The van der Waals surface area contributed by atoms with Crippen molar-refractivity contribution in [2.24, 2.45) is 0 Å². The number of thiophene rings is 1. The van der Waals surface area contributed by atoms with Gasteiger partial charge in [0, 0.05) is 9.85 Å². The third-order valence-electron chi connectivity index (χ3n) is 2.70. The summed E-state index contributed by atoms with van der Waals surface area (Å²) >= 11 is 4.53. The van der Waals surface area contributed by atoms with E-state index in [9.17, 15) is 19.2 Å². The van der Waals surface area contributed by atoms with E-state index in [4.69, 9.17) is 0 Å². The van der Waals surface area contributed by atoms with Crippen molar-refractivity contribution in [2.45, 2.75) is 25.7 Å². The van der Waals surface area contributed by atoms with E-state index < -0.39 is 23.6 Å². The molecule has 1 aromatic rings. The molecule has 0 bridgehead atoms. The number of rotatable bonds is 2. The fourth-order valence-electron chi connectivity index (χ4n) is 1.84. The van der Waals surface area contributed by atoms with Gasteiger partial charge in [-0.3, -0.25) is 14.8 Å². The molecule has 104 valence electrons. The molecule has 1 unspecified atom stereocenters. The SMILES string of the molecule is CC(C)(F)C(=O)N1CC(=O)N(O)C1c1cc(Br)cs1. The van der Waals surface area contributed by atoms with Crippen molar-refractivity contribution >= 4 is 39.1 Å². The van der Waals surface area contributed by atoms with Gasteiger partial charge in [-0.1, -0.05) is 0 Å². The van der Waals surface area contributed by atoms with Crippen LogP contribution in [-0.2, 0) is 9.59 Å². The Balaban J connectivity index is 2.37. The Morgan fingerprint density at radius 3 is 2.74 bits per heavy atom. The number of carbonyl (C=O) groups is 2. The van der Waals surface area contributed by atoms with Crippen molar-refractivity contribution in [1.82, 2.24) is 9.96 Å². The van der Waals surface area contributed by atoms with Crippen LogP contribution >= 0.6 is 27.3 Å². The Morgan fingerprint density at radius 2 is 2.26 bits per heavy atom. The summed E-state index contributed by atoms with van der Waals surface area (Å²) in [6.07, 6.45) is -0.966. The first-order valence-corrected chi connectivity index (χ1v) is 7.14. The first-order chi connectivity index (χ1) is 8.71. The molecule has 1 saturated heterocycles. The molecule has 5 nitrogen and oxygen atoms in total. The number of nitrogens with zero attached hydrogens (tertiary/aromatic N) is 2. The van der Waals surface area contributed by atoms with Crippen molar-refractivity contribution in [2.75, 3.05) is 6.54 Å². The molecule has 1 N–H and O–H groups in total. The number of hydrogen-bond donors (Lipinski definition) is 1. The molecule has 1 aliphatic rings. The van der Waals surface area contributed by atoms with E-state index in [2.05, 4.69) is 15.9 Å². The van der Waals surface area contributed by atoms with Crippen molar-refractivity contribution < 1.29 is 19.2 Å². The summed E-state index contributed by atoms with van der Waals surface area (Å²) in [5.74, 6) is -1.46. The van der Waals surface area contributed by atoms with Gasteiger partial charge in [-0.25, -0.2) is 4.39 Å². The van der Waals surface area contributed by atoms with Crippen LogP contribution in [0.4, 0.5) is 4.39 Å². The Kier molecular flexibility index (Phi) is 3.67. The highest BCUT2D eigenvalue weighted by molar-refractivity contribution is 9.10. The largest absolute Gasteiger partial charge is 0.303 e. The third-order valence-corrected chi connectivity index (χ3v) is 4.43. The van der Waals surface area contributed by atoms with Gasteiger partial charge in [0.05, 0.1) is 4.88 Å². The van der Waals surface area contributed by atoms with Crippen LogP contribution in [0.2, 0.25) is 0 Å². The molecule has 8 heteroatoms. The number of carbonyl (C=O) groups excluding carboxylic acids is 2. The second kappa shape index (κ2) is 4.84. The second-order valence-electron chi connectivity index (χ2n) is 4.68. The van der Waals surface area contributed by atoms with E-state index in [-0.39, 0.29) is 6.54 Å². The van der Waals surface area contributed by atoms with E-state index in [1.54, 1.807) is 11.4 Å². The first kappa shape index (κ1) is 14.4. The molecule has 1 fully saturated rings. The molecule has 1 aromatic heterocycles. The molecule has 0 aromatic carbocycles. The molecule has 1 aliphatic heterocycles. The summed E-state index contributed by atoms with van der Waals surface area (Å²) in [6, 6.07) is 1.68. The summed E-state index contributed by atoms with van der Waals surface area (Å²) in [4.78, 5) is 25.2. The minimum Gasteiger partial charge on any atom is -0.303 e. The van der Waals surface area contributed by atoms with Crippen molar-refractivity contribution in [3.05, 3.63) is 20.8 Å². The van der Waals surface area contributed by atoms with E-state index in [0.29, 0.717) is 9.94 Å². The molecule has 1 atom stereocenters. The van der Waals surface area contributed by atoms with Crippen LogP contribution in [-0.4, -0.2) is 39.2 Å². The van der Waals surface area contributed by atoms with Crippen LogP contribution < -0.4 is 0 Å². The average Bonchev–Trinajstić information content (AvgIpc) is 2.82. The summed E-state index contributed by atoms with van der Waals surface area (Å²) in [5.41, 5.74) is -2.10. The van der Waals surface area contributed by atoms with Gasteiger partial charge in [0.25, 0.3) is 11.8 Å². The van der Waals surface area contributed by atoms with Gasteiger partial charge in [0.15, 0.2) is 11.8 Å². The van der Waals surface area contributed by atoms with Crippen LogP contribution in [0.3, 0.4) is 0 Å². The molecule has 2 amide bonds. The van der Waals surface area contributed by atoms with E-state index in [1.165, 1.54) is 11.3 Å². The predicted molar refractivity (Wildman–Crippen MR) is 70.3 cm³/mol. The summed E-state index contributed by atoms with van der Waals surface area (Å²) in [7, 11) is 0. The maximum Gasteiger partial charge on any atom is 0.267 e. The molecule has 0 aliphatic carbocycles. The molecular weight excluding hydrogens is 339 g/mol. The Morgan fingerprint density at radius 1 is 1.63 bits per heavy atom. The van der Waals surface area contributed by atoms with E-state index in [1.807, 2.05) is 0 Å². The highest BCUT2D eigenvalue weighted by Gasteiger charge is 2.46. The second-order valence-corrected chi connectivity index (χ2v) is 6.54. The lowest BCUT2D eigenvalue weighted by atomic mass is 10.1. The van der Waals surface area contributed by atoms with E-state index >= 15 is 0 Å². The average molecular weight is 351 g/mol. The Labute approximate surface area is 121 Å². The number of halogens is 2. The quantitative estimate of drug-likeness (QED) is 0.832. The lowest BCUT2D eigenvalue weighted by molar-refractivity contribution is -0.173. The van der Waals surface area contributed by atoms with Gasteiger partial charge in [-0.15, -0.1) is 11.3 Å². The minimum atomic E-state index is -2.10. The lowest BCUT2D eigenvalue weighted by Crippen LogP contribution is -2.43. The molecule has 2 heterocycles. The van der Waals surface area contributed by atoms with Gasteiger partial charge in [-0.05, 0) is 35.8 Å². The lowest BCUT2D eigenvalue weighted by Gasteiger charge is -2.28. The van der Waals surface area contributed by atoms with Crippen molar-refractivity contribution in [1.29, 1.82) is 0 Å². The standard InChI is InChI=1S/C11H12BrFN2O3S/c1-11(2,13)10(17)14-4-8(16)15(18)9(14)7-3-6(12)5-19-7/h3,5,9,18H,4H2,1-2H3. The van der Waals surface area contributed by atoms with Crippen molar-refractivity contribution in [3.63, 3.8) is 0 Å². The fourth-order valence-corrected chi connectivity index (χ4v) is 3.37. The molecule has 0 radical (unpaired) electrons. The fraction of sp³-hybridized carbons (Fsp3) is 0.455. The summed E-state index contributed by atoms with van der Waals surface area (Å²) in [5, 5.41) is 12.0. The zero-order chi connectivity index (χ0) is 14.4. The Hall–Kier alpha value is -0.990. The summed E-state index contributed by atoms with van der Waals surface area (Å²) in [6.45, 7) is 1.92. The highest BCUT2D eigenvalue weighted by Crippen LogP contribution is 2.36. The van der Waals surface area contributed by atoms with Gasteiger partial charge in [0.1, 0.15) is 6.54 Å². The summed E-state index contributed by atoms with van der Waals surface area (Å²) < 4.78 is 14.5. The van der Waals surface area contributed by atoms with Gasteiger partial charge < -0.3 is 4.90 Å². The van der Waals surface area contributed by atoms with Crippen LogP contribution in [0.15, 0.2) is 15.9 Å². The maximum absolute atomic E-state index is 13.8. The highest BCUT2D eigenvalue weighted by atomic mass is 79.9. The van der Waals surface area contributed by atoms with Crippen LogP contribution in [0.5, 0.6) is 0 Å². The minimum absolute atomic E-state index is 0.330. The zero-order valence-electron chi connectivity index (χ0n) is 10.3. The topological polar surface area (TPSA) is 60.9 Å². The van der Waals surface area contributed by atoms with Crippen LogP contribution in [0.25, 0.3) is 0 Å². The van der Waals surface area contributed by atoms with Crippen LogP contribution in [0.1, 0.15) is 24.9 Å². The molecule has 0 spiro atoms. The maximum atomic E-state index is 13.8. The smallest absolute Gasteiger partial charge is 0.267 e. The number of amides is 2. The normalized spacial score (nSPS) is 20.3. The number of hydroxylamine groups is 2. The van der Waals surface area contributed by atoms with E-state index in [0.717, 1.165) is 23.2 Å². The van der Waals surface area contributed by atoms with Gasteiger partial charge in [-0.2, -0.15) is 5.06 Å². The number of hydrogen-bond acceptors (Lipinski definition) is 4. The van der Waals surface area contributed by atoms with Crippen molar-refractivity contribution in [3.8, 4) is 0 Å². The molecule has 2 rings (SSSR count). The third kappa shape index (κ3) is 2.65.